The molecule has 1 N–H and O–H groups in total. The monoisotopic (exact) mass is 437 g/mol. The first-order valence-corrected chi connectivity index (χ1v) is 9.82. The summed E-state index contributed by atoms with van der Waals surface area (Å²) in [6, 6.07) is 13.6. The zero-order chi connectivity index (χ0) is 22.7. The number of methoxy groups -OCH3 is 1. The molecule has 4 amide bonds. The number of imide groups is 1. The van der Waals surface area contributed by atoms with Crippen molar-refractivity contribution in [3.8, 4) is 5.75 Å². The van der Waals surface area contributed by atoms with E-state index < -0.39 is 29.7 Å². The number of hydrogen-bond acceptors (Lipinski definition) is 5. The third-order valence-corrected chi connectivity index (χ3v) is 5.04. The number of ether oxygens (including phenoxy) is 1. The number of anilines is 2. The van der Waals surface area contributed by atoms with Crippen LogP contribution in [-0.4, -0.2) is 35.9 Å². The van der Waals surface area contributed by atoms with Crippen molar-refractivity contribution in [3.05, 3.63) is 78.5 Å². The van der Waals surface area contributed by atoms with Crippen molar-refractivity contribution in [3.63, 3.8) is 0 Å². The second-order valence-corrected chi connectivity index (χ2v) is 7.14. The molecule has 32 heavy (non-hydrogen) atoms. The molecule has 1 fully saturated rings. The van der Waals surface area contributed by atoms with Crippen LogP contribution in [0.2, 0.25) is 0 Å². The molecule has 4 rings (SSSR count). The largest absolute Gasteiger partial charge is 0.497 e. The molecular weight excluding hydrogens is 417 g/mol. The Hall–Kier alpha value is -4.14. The first kappa shape index (κ1) is 21.1. The van der Waals surface area contributed by atoms with Crippen LogP contribution < -0.4 is 15.0 Å². The summed E-state index contributed by atoms with van der Waals surface area (Å²) in [6.07, 6.45) is 1.19. The second kappa shape index (κ2) is 8.93. The van der Waals surface area contributed by atoms with E-state index in [1.165, 1.54) is 42.5 Å². The maximum absolute atomic E-state index is 13.2. The first-order chi connectivity index (χ1) is 15.5. The highest BCUT2D eigenvalue weighted by molar-refractivity contribution is 6.22. The number of nitrogens with one attached hydrogen (secondary N) is 1. The number of rotatable bonds is 7. The average molecular weight is 437 g/mol. The van der Waals surface area contributed by atoms with Gasteiger partial charge in [0.1, 0.15) is 23.4 Å². The molecule has 1 saturated heterocycles. The third-order valence-electron chi connectivity index (χ3n) is 5.04. The number of amides is 4. The lowest BCUT2D eigenvalue weighted by molar-refractivity contribution is -0.124. The molecule has 2 heterocycles. The van der Waals surface area contributed by atoms with Gasteiger partial charge in [0.25, 0.3) is 5.91 Å². The molecule has 2 aromatic carbocycles. The van der Waals surface area contributed by atoms with Gasteiger partial charge in [-0.05, 0) is 48.5 Å². The summed E-state index contributed by atoms with van der Waals surface area (Å²) in [6.45, 7) is 0.0204. The van der Waals surface area contributed by atoms with Gasteiger partial charge in [-0.2, -0.15) is 0 Å². The summed E-state index contributed by atoms with van der Waals surface area (Å²) < 4.78 is 23.6. The molecule has 1 atom stereocenters. The van der Waals surface area contributed by atoms with Gasteiger partial charge in [-0.1, -0.05) is 6.07 Å². The Balaban J connectivity index is 1.59. The Morgan fingerprint density at radius 1 is 1.12 bits per heavy atom. The van der Waals surface area contributed by atoms with Crippen LogP contribution in [0.25, 0.3) is 0 Å². The number of urea groups is 1. The summed E-state index contributed by atoms with van der Waals surface area (Å²) in [5, 5.41) is 2.63. The van der Waals surface area contributed by atoms with E-state index in [4.69, 9.17) is 9.15 Å². The second-order valence-electron chi connectivity index (χ2n) is 7.14. The summed E-state index contributed by atoms with van der Waals surface area (Å²) in [5.74, 6) is -0.498. The maximum Gasteiger partial charge on any atom is 0.332 e. The number of carbonyl (C=O) groups excluding carboxylic acids is 3. The Morgan fingerprint density at radius 2 is 1.91 bits per heavy atom. The Kier molecular flexibility index (Phi) is 5.89. The standard InChI is InChI=1S/C23H20FN3O5/c1-31-18-5-2-4-17(12-18)27-22(29)20(26(23(27)30)14-19-6-3-11-32-19)13-21(28)25-16-9-7-15(24)8-10-16/h2-12,20H,13-14H2,1H3,(H,25,28)/t20-/m0/s1. The van der Waals surface area contributed by atoms with E-state index in [-0.39, 0.29) is 13.0 Å². The number of halogens is 1. The minimum absolute atomic E-state index is 0.0204. The van der Waals surface area contributed by atoms with E-state index in [0.717, 1.165) is 4.90 Å². The average Bonchev–Trinajstić information content (AvgIpc) is 3.38. The van der Waals surface area contributed by atoms with Crippen LogP contribution in [0.1, 0.15) is 12.2 Å². The lowest BCUT2D eigenvalue weighted by atomic mass is 10.1. The SMILES string of the molecule is COc1cccc(N2C(=O)[C@H](CC(=O)Nc3ccc(F)cc3)N(Cc3ccco3)C2=O)c1. The molecule has 8 nitrogen and oxygen atoms in total. The van der Waals surface area contributed by atoms with Crippen LogP contribution in [0.5, 0.6) is 5.75 Å². The van der Waals surface area contributed by atoms with Gasteiger partial charge in [-0.25, -0.2) is 14.1 Å². The first-order valence-electron chi connectivity index (χ1n) is 9.82. The number of hydrogen-bond donors (Lipinski definition) is 1. The van der Waals surface area contributed by atoms with Gasteiger partial charge in [0.2, 0.25) is 5.91 Å². The van der Waals surface area contributed by atoms with E-state index >= 15 is 0 Å². The van der Waals surface area contributed by atoms with Crippen molar-refractivity contribution in [2.24, 2.45) is 0 Å². The van der Waals surface area contributed by atoms with Crippen molar-refractivity contribution >= 4 is 29.2 Å². The topological polar surface area (TPSA) is 92.1 Å². The summed E-state index contributed by atoms with van der Waals surface area (Å²) in [7, 11) is 1.48. The molecule has 0 bridgehead atoms. The van der Waals surface area contributed by atoms with E-state index in [0.29, 0.717) is 22.9 Å². The van der Waals surface area contributed by atoms with Crippen molar-refractivity contribution in [2.75, 3.05) is 17.3 Å². The summed E-state index contributed by atoms with van der Waals surface area (Å²) in [5.41, 5.74) is 0.723. The van der Waals surface area contributed by atoms with Crippen LogP contribution >= 0.6 is 0 Å². The van der Waals surface area contributed by atoms with Crippen molar-refractivity contribution in [1.29, 1.82) is 0 Å². The molecule has 9 heteroatoms. The quantitative estimate of drug-likeness (QED) is 0.568. The fourth-order valence-corrected chi connectivity index (χ4v) is 3.49. The van der Waals surface area contributed by atoms with Gasteiger partial charge >= 0.3 is 6.03 Å². The van der Waals surface area contributed by atoms with Crippen molar-refractivity contribution in [1.82, 2.24) is 4.90 Å². The van der Waals surface area contributed by atoms with E-state index in [2.05, 4.69) is 5.32 Å². The van der Waals surface area contributed by atoms with E-state index in [9.17, 15) is 18.8 Å². The number of carbonyl (C=O) groups is 3. The van der Waals surface area contributed by atoms with E-state index in [1.54, 1.807) is 36.4 Å². The molecule has 0 saturated carbocycles. The van der Waals surface area contributed by atoms with Gasteiger partial charge in [0.05, 0.1) is 32.0 Å². The lowest BCUT2D eigenvalue weighted by Crippen LogP contribution is -2.37. The Labute approximate surface area is 183 Å². The third kappa shape index (κ3) is 4.31. The molecule has 164 valence electrons. The molecule has 1 aliphatic heterocycles. The van der Waals surface area contributed by atoms with Crippen LogP contribution in [0.15, 0.2) is 71.3 Å². The fraction of sp³-hybridized carbons (Fsp3) is 0.174. The normalized spacial score (nSPS) is 15.9. The molecule has 0 aliphatic carbocycles. The van der Waals surface area contributed by atoms with Crippen LogP contribution in [0.3, 0.4) is 0 Å². The fourth-order valence-electron chi connectivity index (χ4n) is 3.49. The number of benzene rings is 2. The molecule has 1 aliphatic rings. The van der Waals surface area contributed by atoms with Crippen LogP contribution in [-0.2, 0) is 16.1 Å². The predicted octanol–water partition coefficient (Wildman–Crippen LogP) is 3.79. The molecule has 0 radical (unpaired) electrons. The zero-order valence-corrected chi connectivity index (χ0v) is 17.2. The minimum Gasteiger partial charge on any atom is -0.497 e. The van der Waals surface area contributed by atoms with E-state index in [1.807, 2.05) is 0 Å². The lowest BCUT2D eigenvalue weighted by Gasteiger charge is -2.20. The minimum atomic E-state index is -1.04. The Morgan fingerprint density at radius 3 is 2.59 bits per heavy atom. The smallest absolute Gasteiger partial charge is 0.332 e. The highest BCUT2D eigenvalue weighted by Crippen LogP contribution is 2.30. The van der Waals surface area contributed by atoms with Gasteiger partial charge in [-0.15, -0.1) is 0 Å². The van der Waals surface area contributed by atoms with Gasteiger partial charge in [0, 0.05) is 11.8 Å². The summed E-state index contributed by atoms with van der Waals surface area (Å²) in [4.78, 5) is 41.4. The highest BCUT2D eigenvalue weighted by atomic mass is 19.1. The zero-order valence-electron chi connectivity index (χ0n) is 17.2. The van der Waals surface area contributed by atoms with Crippen molar-refractivity contribution < 1.29 is 27.9 Å². The molecule has 3 aromatic rings. The highest BCUT2D eigenvalue weighted by Gasteiger charge is 2.47. The summed E-state index contributed by atoms with van der Waals surface area (Å²) >= 11 is 0. The maximum atomic E-state index is 13.2. The van der Waals surface area contributed by atoms with Gasteiger partial charge in [0.15, 0.2) is 0 Å². The van der Waals surface area contributed by atoms with Crippen LogP contribution in [0, 0.1) is 5.82 Å². The van der Waals surface area contributed by atoms with Gasteiger partial charge < -0.3 is 19.4 Å². The molecular formula is C23H20FN3O5. The Bertz CT molecular complexity index is 1130. The molecule has 0 spiro atoms. The predicted molar refractivity (Wildman–Crippen MR) is 114 cm³/mol. The number of furan rings is 1. The van der Waals surface area contributed by atoms with Crippen molar-refractivity contribution in [2.45, 2.75) is 19.0 Å². The van der Waals surface area contributed by atoms with Crippen LogP contribution in [0.4, 0.5) is 20.6 Å². The molecule has 1 aromatic heterocycles. The molecule has 0 unspecified atom stereocenters. The number of nitrogens with zero attached hydrogens (tertiary/aromatic N) is 2. The van der Waals surface area contributed by atoms with Gasteiger partial charge in [-0.3, -0.25) is 9.59 Å².